The van der Waals surface area contributed by atoms with Gasteiger partial charge < -0.3 is 15.1 Å². The largest absolute Gasteiger partial charge is 0.357 e. The van der Waals surface area contributed by atoms with E-state index in [1.165, 1.54) is 0 Å². The number of likely N-dealkylation sites (N-methyl/N-ethyl adjacent to an activating group) is 1. The molecule has 1 aliphatic rings. The summed E-state index contributed by atoms with van der Waals surface area (Å²) in [4.78, 5) is 23.3. The predicted octanol–water partition coefficient (Wildman–Crippen LogP) is 0.487. The van der Waals surface area contributed by atoms with Crippen LogP contribution in [0.2, 0.25) is 0 Å². The van der Waals surface area contributed by atoms with E-state index in [0.717, 1.165) is 26.2 Å². The molecular weight excluding hydrogens is 248 g/mol. The summed E-state index contributed by atoms with van der Waals surface area (Å²) in [6.07, 6.45) is 0. The first-order valence-corrected chi connectivity index (χ1v) is 6.17. The number of aryl methyl sites for hydroxylation is 1. The Balaban J connectivity index is 2.41. The molecule has 0 saturated carbocycles. The van der Waals surface area contributed by atoms with Crippen molar-refractivity contribution in [2.75, 3.05) is 50.5 Å². The molecule has 1 aliphatic heterocycles. The van der Waals surface area contributed by atoms with Crippen LogP contribution in [0.15, 0.2) is 0 Å². The Morgan fingerprint density at radius 3 is 2.42 bits per heavy atom. The molecule has 8 nitrogen and oxygen atoms in total. The van der Waals surface area contributed by atoms with E-state index in [9.17, 15) is 10.1 Å². The zero-order valence-corrected chi connectivity index (χ0v) is 11.4. The Labute approximate surface area is 111 Å². The van der Waals surface area contributed by atoms with Gasteiger partial charge in [0.15, 0.2) is 0 Å². The molecule has 19 heavy (non-hydrogen) atoms. The zero-order valence-electron chi connectivity index (χ0n) is 11.4. The maximum absolute atomic E-state index is 11.2. The van der Waals surface area contributed by atoms with Gasteiger partial charge in [0.05, 0.1) is 4.92 Å². The second-order valence-corrected chi connectivity index (χ2v) is 4.60. The molecule has 1 fully saturated rings. The fraction of sp³-hybridized carbons (Fsp3) is 0.636. The Morgan fingerprint density at radius 1 is 1.26 bits per heavy atom. The standard InChI is InChI=1S/C11H18N6O2/c1-8-9(17(18)19)10(14-11(12-2)13-8)16-6-4-15(3)5-7-16/h4-7H2,1-3H3,(H,12,13,14). The van der Waals surface area contributed by atoms with Crippen LogP contribution < -0.4 is 10.2 Å². The van der Waals surface area contributed by atoms with Gasteiger partial charge in [0.25, 0.3) is 0 Å². The first-order valence-electron chi connectivity index (χ1n) is 6.17. The molecule has 1 N–H and O–H groups in total. The SMILES string of the molecule is CNc1nc(C)c([N+](=O)[O-])c(N2CCN(C)CC2)n1. The zero-order chi connectivity index (χ0) is 14.0. The average molecular weight is 266 g/mol. The quantitative estimate of drug-likeness (QED) is 0.629. The minimum atomic E-state index is -0.400. The van der Waals surface area contributed by atoms with E-state index >= 15 is 0 Å². The van der Waals surface area contributed by atoms with Crippen LogP contribution in [0, 0.1) is 17.0 Å². The van der Waals surface area contributed by atoms with Gasteiger partial charge in [-0.2, -0.15) is 4.98 Å². The van der Waals surface area contributed by atoms with Crippen LogP contribution in [-0.4, -0.2) is 60.1 Å². The van der Waals surface area contributed by atoms with Gasteiger partial charge in [-0.15, -0.1) is 0 Å². The van der Waals surface area contributed by atoms with E-state index in [-0.39, 0.29) is 5.69 Å². The first-order chi connectivity index (χ1) is 9.02. The molecule has 0 radical (unpaired) electrons. The van der Waals surface area contributed by atoms with E-state index in [2.05, 4.69) is 20.2 Å². The van der Waals surface area contributed by atoms with Crippen LogP contribution in [0.3, 0.4) is 0 Å². The minimum absolute atomic E-state index is 0.00329. The second-order valence-electron chi connectivity index (χ2n) is 4.60. The van der Waals surface area contributed by atoms with Gasteiger partial charge in [-0.3, -0.25) is 10.1 Å². The van der Waals surface area contributed by atoms with Crippen LogP contribution in [0.4, 0.5) is 17.5 Å². The molecule has 0 amide bonds. The lowest BCUT2D eigenvalue weighted by molar-refractivity contribution is -0.385. The van der Waals surface area contributed by atoms with Crippen LogP contribution in [0.5, 0.6) is 0 Å². The number of rotatable bonds is 3. The third-order valence-corrected chi connectivity index (χ3v) is 3.25. The number of nitro groups is 1. The number of nitrogens with zero attached hydrogens (tertiary/aromatic N) is 5. The summed E-state index contributed by atoms with van der Waals surface area (Å²) in [5.74, 6) is 0.826. The van der Waals surface area contributed by atoms with E-state index in [0.29, 0.717) is 17.5 Å². The Morgan fingerprint density at radius 2 is 1.89 bits per heavy atom. The molecular formula is C11H18N6O2. The molecule has 104 valence electrons. The van der Waals surface area contributed by atoms with Crippen molar-refractivity contribution in [3.05, 3.63) is 15.8 Å². The first kappa shape index (κ1) is 13.5. The van der Waals surface area contributed by atoms with Crippen molar-refractivity contribution in [1.82, 2.24) is 14.9 Å². The summed E-state index contributed by atoms with van der Waals surface area (Å²) in [6.45, 7) is 4.85. The van der Waals surface area contributed by atoms with Gasteiger partial charge in [-0.25, -0.2) is 4.98 Å². The number of nitrogens with one attached hydrogen (secondary N) is 1. The lowest BCUT2D eigenvalue weighted by atomic mass is 10.3. The number of hydrogen-bond donors (Lipinski definition) is 1. The van der Waals surface area contributed by atoms with E-state index < -0.39 is 4.92 Å². The van der Waals surface area contributed by atoms with Crippen LogP contribution in [-0.2, 0) is 0 Å². The topological polar surface area (TPSA) is 87.4 Å². The predicted molar refractivity (Wildman–Crippen MR) is 72.7 cm³/mol. The minimum Gasteiger partial charge on any atom is -0.357 e. The maximum atomic E-state index is 11.2. The van der Waals surface area contributed by atoms with Crippen molar-refractivity contribution >= 4 is 17.5 Å². The molecule has 1 saturated heterocycles. The highest BCUT2D eigenvalue weighted by molar-refractivity contribution is 5.62. The normalized spacial score (nSPS) is 16.5. The molecule has 0 unspecified atom stereocenters. The van der Waals surface area contributed by atoms with Gasteiger partial charge in [-0.1, -0.05) is 0 Å². The molecule has 1 aromatic rings. The summed E-state index contributed by atoms with van der Waals surface area (Å²) < 4.78 is 0. The Kier molecular flexibility index (Phi) is 3.79. The van der Waals surface area contributed by atoms with E-state index in [4.69, 9.17) is 0 Å². The fourth-order valence-electron chi connectivity index (χ4n) is 2.12. The van der Waals surface area contributed by atoms with Crippen LogP contribution in [0.1, 0.15) is 5.69 Å². The molecule has 8 heteroatoms. The third kappa shape index (κ3) is 2.73. The number of anilines is 2. The summed E-state index contributed by atoms with van der Waals surface area (Å²) >= 11 is 0. The smallest absolute Gasteiger partial charge is 0.332 e. The summed E-state index contributed by atoms with van der Waals surface area (Å²) in [7, 11) is 3.74. The summed E-state index contributed by atoms with van der Waals surface area (Å²) in [5.41, 5.74) is 0.391. The lowest BCUT2D eigenvalue weighted by Crippen LogP contribution is -2.45. The van der Waals surface area contributed by atoms with Crippen molar-refractivity contribution in [1.29, 1.82) is 0 Å². The maximum Gasteiger partial charge on any atom is 0.332 e. The van der Waals surface area contributed by atoms with Gasteiger partial charge >= 0.3 is 5.69 Å². The molecule has 0 aliphatic carbocycles. The molecule has 2 rings (SSSR count). The van der Waals surface area contributed by atoms with Crippen molar-refractivity contribution < 1.29 is 4.92 Å². The van der Waals surface area contributed by atoms with E-state index in [1.54, 1.807) is 14.0 Å². The highest BCUT2D eigenvalue weighted by atomic mass is 16.6. The van der Waals surface area contributed by atoms with Gasteiger partial charge in [0.2, 0.25) is 11.8 Å². The molecule has 0 spiro atoms. The highest BCUT2D eigenvalue weighted by Gasteiger charge is 2.27. The van der Waals surface area contributed by atoms with E-state index in [1.807, 2.05) is 11.9 Å². The molecule has 1 aromatic heterocycles. The number of piperazine rings is 1. The number of aromatic nitrogens is 2. The number of hydrogen-bond acceptors (Lipinski definition) is 7. The molecule has 2 heterocycles. The third-order valence-electron chi connectivity index (χ3n) is 3.25. The van der Waals surface area contributed by atoms with Crippen molar-refractivity contribution in [3.63, 3.8) is 0 Å². The Hall–Kier alpha value is -1.96. The van der Waals surface area contributed by atoms with Crippen LogP contribution in [0.25, 0.3) is 0 Å². The summed E-state index contributed by atoms with van der Waals surface area (Å²) in [5, 5.41) is 14.1. The summed E-state index contributed by atoms with van der Waals surface area (Å²) in [6, 6.07) is 0. The molecule has 0 bridgehead atoms. The van der Waals surface area contributed by atoms with Crippen molar-refractivity contribution in [2.24, 2.45) is 0 Å². The second kappa shape index (κ2) is 5.35. The van der Waals surface area contributed by atoms with Crippen LogP contribution >= 0.6 is 0 Å². The van der Waals surface area contributed by atoms with Gasteiger partial charge in [-0.05, 0) is 14.0 Å². The lowest BCUT2D eigenvalue weighted by Gasteiger charge is -2.33. The molecule has 0 atom stereocenters. The van der Waals surface area contributed by atoms with Crippen molar-refractivity contribution in [3.8, 4) is 0 Å². The Bertz CT molecular complexity index is 484. The highest BCUT2D eigenvalue weighted by Crippen LogP contribution is 2.30. The average Bonchev–Trinajstić information content (AvgIpc) is 2.38. The monoisotopic (exact) mass is 266 g/mol. The van der Waals surface area contributed by atoms with Gasteiger partial charge in [0.1, 0.15) is 5.69 Å². The fourth-order valence-corrected chi connectivity index (χ4v) is 2.12. The van der Waals surface area contributed by atoms with Crippen molar-refractivity contribution in [2.45, 2.75) is 6.92 Å². The van der Waals surface area contributed by atoms with Gasteiger partial charge in [0, 0.05) is 33.2 Å². The molecule has 0 aromatic carbocycles.